The van der Waals surface area contributed by atoms with Gasteiger partial charge in [-0.05, 0) is 36.0 Å². The van der Waals surface area contributed by atoms with Gasteiger partial charge >= 0.3 is 0 Å². The van der Waals surface area contributed by atoms with Crippen LogP contribution >= 0.6 is 23.4 Å². The summed E-state index contributed by atoms with van der Waals surface area (Å²) in [5.41, 5.74) is 0.752. The average molecular weight is 243 g/mol. The molecule has 0 unspecified atom stereocenters. The number of carbonyl (C=O) groups excluding carboxylic acids is 2. The minimum absolute atomic E-state index is 0.319. The highest BCUT2D eigenvalue weighted by Crippen LogP contribution is 2.22. The normalized spacial score (nSPS) is 20.2. The summed E-state index contributed by atoms with van der Waals surface area (Å²) in [5, 5.41) is 4.86. The largest absolute Gasteiger partial charge is 0.365 e. The third-order valence-electron chi connectivity index (χ3n) is 1.83. The van der Waals surface area contributed by atoms with E-state index < -0.39 is 5.37 Å². The fourth-order valence-electron chi connectivity index (χ4n) is 1.15. The van der Waals surface area contributed by atoms with Crippen LogP contribution in [0.1, 0.15) is 0 Å². The first-order valence-electron chi connectivity index (χ1n) is 4.19. The van der Waals surface area contributed by atoms with Crippen molar-refractivity contribution in [2.75, 3.05) is 5.32 Å². The Kier molecular flexibility index (Phi) is 2.83. The molecule has 0 aromatic heterocycles. The summed E-state index contributed by atoms with van der Waals surface area (Å²) in [7, 11) is 0. The molecule has 0 radical (unpaired) electrons. The van der Waals surface area contributed by atoms with Crippen molar-refractivity contribution in [2.24, 2.45) is 0 Å². The molecule has 6 heteroatoms. The number of rotatable bonds is 2. The summed E-state index contributed by atoms with van der Waals surface area (Å²) in [6.07, 6.45) is 0. The molecule has 0 spiro atoms. The number of thioether (sulfide) groups is 1. The van der Waals surface area contributed by atoms with Gasteiger partial charge in [-0.2, -0.15) is 0 Å². The Hall–Kier alpha value is -1.20. The topological polar surface area (TPSA) is 58.2 Å². The summed E-state index contributed by atoms with van der Waals surface area (Å²) in [5.74, 6) is -0.319. The van der Waals surface area contributed by atoms with Gasteiger partial charge in [0.15, 0.2) is 5.37 Å². The highest BCUT2D eigenvalue weighted by Gasteiger charge is 2.31. The van der Waals surface area contributed by atoms with Gasteiger partial charge in [0.05, 0.1) is 0 Å². The number of nitrogens with one attached hydrogen (secondary N) is 2. The SMILES string of the molecule is O=C1NC(=O)[C@H](Nc2ccc(Cl)cc2)S1. The van der Waals surface area contributed by atoms with E-state index in [0.717, 1.165) is 17.4 Å². The lowest BCUT2D eigenvalue weighted by Crippen LogP contribution is -2.29. The Morgan fingerprint density at radius 2 is 1.93 bits per heavy atom. The van der Waals surface area contributed by atoms with Crippen LogP contribution in [0.15, 0.2) is 24.3 Å². The van der Waals surface area contributed by atoms with Crippen molar-refractivity contribution in [1.82, 2.24) is 5.32 Å². The van der Waals surface area contributed by atoms with E-state index in [0.29, 0.717) is 5.02 Å². The number of benzene rings is 1. The van der Waals surface area contributed by atoms with E-state index in [9.17, 15) is 9.59 Å². The van der Waals surface area contributed by atoms with Gasteiger partial charge in [0.1, 0.15) is 0 Å². The van der Waals surface area contributed by atoms with Gasteiger partial charge < -0.3 is 5.32 Å². The van der Waals surface area contributed by atoms with Crippen molar-refractivity contribution in [3.05, 3.63) is 29.3 Å². The average Bonchev–Trinajstić information content (AvgIpc) is 2.49. The zero-order valence-corrected chi connectivity index (χ0v) is 9.06. The predicted molar refractivity (Wildman–Crippen MR) is 60.0 cm³/mol. The number of amides is 2. The maximum Gasteiger partial charge on any atom is 0.288 e. The van der Waals surface area contributed by atoms with E-state index >= 15 is 0 Å². The molecule has 2 N–H and O–H groups in total. The molecule has 0 aliphatic carbocycles. The Labute approximate surface area is 95.4 Å². The number of halogens is 1. The lowest BCUT2D eigenvalue weighted by molar-refractivity contribution is -0.118. The lowest BCUT2D eigenvalue weighted by atomic mass is 10.3. The number of carbonyl (C=O) groups is 2. The van der Waals surface area contributed by atoms with Crippen molar-refractivity contribution in [2.45, 2.75) is 5.37 Å². The fraction of sp³-hybridized carbons (Fsp3) is 0.111. The summed E-state index contributed by atoms with van der Waals surface area (Å²) in [6.45, 7) is 0. The number of hydrogen-bond acceptors (Lipinski definition) is 4. The second kappa shape index (κ2) is 4.12. The Balaban J connectivity index is 2.06. The fourth-order valence-corrected chi connectivity index (χ4v) is 2.01. The van der Waals surface area contributed by atoms with Crippen LogP contribution < -0.4 is 10.6 Å². The molecule has 78 valence electrons. The van der Waals surface area contributed by atoms with E-state index in [-0.39, 0.29) is 11.1 Å². The van der Waals surface area contributed by atoms with E-state index in [4.69, 9.17) is 11.6 Å². The van der Waals surface area contributed by atoms with Crippen LogP contribution in [0.3, 0.4) is 0 Å². The van der Waals surface area contributed by atoms with Gasteiger partial charge in [-0.15, -0.1) is 0 Å². The van der Waals surface area contributed by atoms with Crippen LogP contribution in [0.4, 0.5) is 10.5 Å². The van der Waals surface area contributed by atoms with Crippen molar-refractivity contribution < 1.29 is 9.59 Å². The summed E-state index contributed by atoms with van der Waals surface area (Å²) in [6, 6.07) is 6.92. The van der Waals surface area contributed by atoms with Crippen LogP contribution in [0.25, 0.3) is 0 Å². The van der Waals surface area contributed by atoms with E-state index in [1.165, 1.54) is 0 Å². The molecule has 4 nitrogen and oxygen atoms in total. The highest BCUT2D eigenvalue weighted by molar-refractivity contribution is 8.15. The molecule has 1 aliphatic rings. The first kappa shape index (κ1) is 10.3. The van der Waals surface area contributed by atoms with Crippen LogP contribution in [0, 0.1) is 0 Å². The Morgan fingerprint density at radius 3 is 2.47 bits per heavy atom. The molecule has 0 saturated carbocycles. The number of anilines is 1. The molecule has 2 rings (SSSR count). The van der Waals surface area contributed by atoms with Gasteiger partial charge in [0.25, 0.3) is 11.1 Å². The maximum absolute atomic E-state index is 11.2. The highest BCUT2D eigenvalue weighted by atomic mass is 35.5. The minimum Gasteiger partial charge on any atom is -0.365 e. The first-order valence-corrected chi connectivity index (χ1v) is 5.44. The molecular weight excluding hydrogens is 236 g/mol. The Morgan fingerprint density at radius 1 is 1.27 bits per heavy atom. The summed E-state index contributed by atoms with van der Waals surface area (Å²) < 4.78 is 0. The molecule has 1 aromatic rings. The maximum atomic E-state index is 11.2. The third kappa shape index (κ3) is 2.43. The molecule has 1 heterocycles. The molecular formula is C9H7ClN2O2S. The van der Waals surface area contributed by atoms with Crippen molar-refractivity contribution in [3.63, 3.8) is 0 Å². The smallest absolute Gasteiger partial charge is 0.288 e. The first-order chi connectivity index (χ1) is 7.15. The third-order valence-corrected chi connectivity index (χ3v) is 2.97. The van der Waals surface area contributed by atoms with Gasteiger partial charge in [0.2, 0.25) is 0 Å². The second-order valence-electron chi connectivity index (χ2n) is 2.93. The zero-order valence-electron chi connectivity index (χ0n) is 7.49. The zero-order chi connectivity index (χ0) is 10.8. The van der Waals surface area contributed by atoms with Crippen molar-refractivity contribution >= 4 is 40.2 Å². The molecule has 1 saturated heterocycles. The van der Waals surface area contributed by atoms with Gasteiger partial charge in [-0.25, -0.2) is 0 Å². The molecule has 1 atom stereocenters. The number of imide groups is 1. The van der Waals surface area contributed by atoms with E-state index in [2.05, 4.69) is 10.6 Å². The van der Waals surface area contributed by atoms with E-state index in [1.807, 2.05) is 0 Å². The van der Waals surface area contributed by atoms with Crippen molar-refractivity contribution in [1.29, 1.82) is 0 Å². The van der Waals surface area contributed by atoms with Crippen LogP contribution in [0.5, 0.6) is 0 Å². The van der Waals surface area contributed by atoms with Crippen LogP contribution in [0.2, 0.25) is 5.02 Å². The number of hydrogen-bond donors (Lipinski definition) is 2. The molecule has 1 aliphatic heterocycles. The molecule has 0 bridgehead atoms. The monoisotopic (exact) mass is 242 g/mol. The quantitative estimate of drug-likeness (QED) is 0.834. The lowest BCUT2D eigenvalue weighted by Gasteiger charge is -2.09. The van der Waals surface area contributed by atoms with Crippen molar-refractivity contribution in [3.8, 4) is 0 Å². The van der Waals surface area contributed by atoms with Gasteiger partial charge in [0, 0.05) is 10.7 Å². The second-order valence-corrected chi connectivity index (χ2v) is 4.44. The standard InChI is InChI=1S/C9H7ClN2O2S/c10-5-1-3-6(4-2-5)11-8-7(13)12-9(14)15-8/h1-4,8,11H,(H,12,13,14)/t8-/m1/s1. The molecule has 2 amide bonds. The van der Waals surface area contributed by atoms with E-state index in [1.54, 1.807) is 24.3 Å². The van der Waals surface area contributed by atoms with Crippen LogP contribution in [-0.4, -0.2) is 16.5 Å². The van der Waals surface area contributed by atoms with Gasteiger partial charge in [-0.3, -0.25) is 14.9 Å². The Bertz CT molecular complexity index is 407. The molecule has 1 aromatic carbocycles. The van der Waals surface area contributed by atoms with Gasteiger partial charge in [-0.1, -0.05) is 11.6 Å². The summed E-state index contributed by atoms with van der Waals surface area (Å²) in [4.78, 5) is 22.1. The van der Waals surface area contributed by atoms with Crippen LogP contribution in [-0.2, 0) is 4.79 Å². The molecule has 15 heavy (non-hydrogen) atoms. The summed E-state index contributed by atoms with van der Waals surface area (Å²) >= 11 is 6.64. The molecule has 1 fully saturated rings. The minimum atomic E-state index is -0.557. The predicted octanol–water partition coefficient (Wildman–Crippen LogP) is 2.06.